The lowest BCUT2D eigenvalue weighted by Gasteiger charge is -2.12. The number of anilines is 1. The van der Waals surface area contributed by atoms with Gasteiger partial charge in [0.25, 0.3) is 0 Å². The third-order valence-corrected chi connectivity index (χ3v) is 3.26. The molecule has 0 heterocycles. The Bertz CT molecular complexity index is 501. The second-order valence-electron chi connectivity index (χ2n) is 4.24. The molecule has 19 heavy (non-hydrogen) atoms. The van der Waals surface area contributed by atoms with E-state index in [1.807, 2.05) is 0 Å². The summed E-state index contributed by atoms with van der Waals surface area (Å²) in [5, 5.41) is 3.54. The molecule has 2 rings (SSSR count). The number of nitrogens with two attached hydrogens (primary N) is 1. The van der Waals surface area contributed by atoms with E-state index in [1.165, 1.54) is 0 Å². The van der Waals surface area contributed by atoms with Crippen LogP contribution in [0, 0.1) is 5.92 Å². The Morgan fingerprint density at radius 3 is 2.21 bits per heavy atom. The van der Waals surface area contributed by atoms with Crippen LogP contribution in [-0.4, -0.2) is 5.84 Å². The number of halogens is 5. The summed E-state index contributed by atoms with van der Waals surface area (Å²) < 4.78 is 37.6. The number of hydrazone groups is 1. The maximum Gasteiger partial charge on any atom is 0.416 e. The SMILES string of the molecule is NC(=NNc1c(Cl)cc(C(F)(F)F)cc1Cl)C1CC1. The van der Waals surface area contributed by atoms with Crippen LogP contribution in [0.2, 0.25) is 10.0 Å². The van der Waals surface area contributed by atoms with E-state index in [4.69, 9.17) is 28.9 Å². The summed E-state index contributed by atoms with van der Waals surface area (Å²) in [6.07, 6.45) is -2.57. The molecule has 0 bridgehead atoms. The molecule has 1 aliphatic rings. The fourth-order valence-electron chi connectivity index (χ4n) is 1.43. The zero-order valence-electron chi connectivity index (χ0n) is 9.56. The average molecular weight is 312 g/mol. The lowest BCUT2D eigenvalue weighted by atomic mass is 10.2. The topological polar surface area (TPSA) is 50.4 Å². The first kappa shape index (κ1) is 14.3. The summed E-state index contributed by atoms with van der Waals surface area (Å²) in [6.45, 7) is 0. The zero-order chi connectivity index (χ0) is 14.2. The van der Waals surface area contributed by atoms with Crippen molar-refractivity contribution in [1.82, 2.24) is 0 Å². The Labute approximate surface area is 117 Å². The lowest BCUT2D eigenvalue weighted by Crippen LogP contribution is -2.16. The van der Waals surface area contributed by atoms with E-state index in [0.717, 1.165) is 25.0 Å². The van der Waals surface area contributed by atoms with Gasteiger partial charge in [-0.15, -0.1) is 0 Å². The van der Waals surface area contributed by atoms with Crippen molar-refractivity contribution in [1.29, 1.82) is 0 Å². The highest BCUT2D eigenvalue weighted by molar-refractivity contribution is 6.39. The van der Waals surface area contributed by atoms with Gasteiger partial charge in [0, 0.05) is 5.92 Å². The molecule has 0 aliphatic heterocycles. The molecule has 8 heteroatoms. The number of amidine groups is 1. The molecule has 0 unspecified atom stereocenters. The minimum atomic E-state index is -4.50. The van der Waals surface area contributed by atoms with Crippen molar-refractivity contribution in [3.63, 3.8) is 0 Å². The van der Waals surface area contributed by atoms with Crippen LogP contribution in [0.3, 0.4) is 0 Å². The van der Waals surface area contributed by atoms with Gasteiger partial charge >= 0.3 is 6.18 Å². The highest BCUT2D eigenvalue weighted by Gasteiger charge is 2.32. The molecule has 3 nitrogen and oxygen atoms in total. The molecule has 1 saturated carbocycles. The van der Waals surface area contributed by atoms with E-state index in [9.17, 15) is 13.2 Å². The van der Waals surface area contributed by atoms with E-state index in [0.29, 0.717) is 5.84 Å². The molecule has 1 aromatic rings. The molecular weight excluding hydrogens is 302 g/mol. The fraction of sp³-hybridized carbons (Fsp3) is 0.364. The number of benzene rings is 1. The maximum absolute atomic E-state index is 12.5. The molecule has 0 amide bonds. The van der Waals surface area contributed by atoms with Crippen LogP contribution in [0.4, 0.5) is 18.9 Å². The molecule has 104 valence electrons. The second-order valence-corrected chi connectivity index (χ2v) is 5.05. The fourth-order valence-corrected chi connectivity index (χ4v) is 2.01. The monoisotopic (exact) mass is 311 g/mol. The second kappa shape index (κ2) is 5.09. The molecule has 1 aliphatic carbocycles. The van der Waals surface area contributed by atoms with Crippen LogP contribution < -0.4 is 11.2 Å². The van der Waals surface area contributed by atoms with Crippen LogP contribution >= 0.6 is 23.2 Å². The molecule has 3 N–H and O–H groups in total. The third-order valence-electron chi connectivity index (χ3n) is 2.66. The van der Waals surface area contributed by atoms with Gasteiger partial charge in [-0.05, 0) is 25.0 Å². The molecule has 1 fully saturated rings. The normalized spacial score (nSPS) is 16.6. The standard InChI is InChI=1S/C11H10Cl2F3N3/c12-7-3-6(11(14,15)16)4-8(13)9(7)18-19-10(17)5-1-2-5/h3-5,18H,1-2H2,(H2,17,19). The van der Waals surface area contributed by atoms with Gasteiger partial charge < -0.3 is 5.73 Å². The van der Waals surface area contributed by atoms with Gasteiger partial charge in [-0.2, -0.15) is 18.3 Å². The van der Waals surface area contributed by atoms with E-state index in [-0.39, 0.29) is 21.7 Å². The lowest BCUT2D eigenvalue weighted by molar-refractivity contribution is -0.137. The van der Waals surface area contributed by atoms with Gasteiger partial charge in [-0.25, -0.2) is 0 Å². The summed E-state index contributed by atoms with van der Waals surface area (Å²) in [5.74, 6) is 0.631. The predicted octanol–water partition coefficient (Wildman–Crippen LogP) is 4.11. The Balaban J connectivity index is 2.24. The van der Waals surface area contributed by atoms with Crippen molar-refractivity contribution >= 4 is 34.7 Å². The molecule has 0 atom stereocenters. The van der Waals surface area contributed by atoms with Crippen molar-refractivity contribution < 1.29 is 13.2 Å². The number of alkyl halides is 3. The first-order chi connectivity index (χ1) is 8.79. The summed E-state index contributed by atoms with van der Waals surface area (Å²) >= 11 is 11.5. The smallest absolute Gasteiger partial charge is 0.385 e. The Hall–Kier alpha value is -1.14. The van der Waals surface area contributed by atoms with Gasteiger partial charge in [-0.3, -0.25) is 5.43 Å². The van der Waals surface area contributed by atoms with E-state index in [2.05, 4.69) is 10.5 Å². The van der Waals surface area contributed by atoms with Crippen molar-refractivity contribution in [3.8, 4) is 0 Å². The minimum Gasteiger partial charge on any atom is -0.385 e. The highest BCUT2D eigenvalue weighted by Crippen LogP contribution is 2.38. The van der Waals surface area contributed by atoms with Crippen LogP contribution in [0.1, 0.15) is 18.4 Å². The third kappa shape index (κ3) is 3.45. The maximum atomic E-state index is 12.5. The first-order valence-electron chi connectivity index (χ1n) is 5.44. The summed E-state index contributed by atoms with van der Waals surface area (Å²) in [6, 6.07) is 1.58. The van der Waals surface area contributed by atoms with Crippen molar-refractivity contribution in [2.75, 3.05) is 5.43 Å². The average Bonchev–Trinajstić information content (AvgIpc) is 3.09. The van der Waals surface area contributed by atoms with Crippen LogP contribution in [0.15, 0.2) is 17.2 Å². The summed E-state index contributed by atoms with van der Waals surface area (Å²) in [5.41, 5.74) is 7.36. The molecule has 0 radical (unpaired) electrons. The molecule has 0 spiro atoms. The minimum absolute atomic E-state index is 0.111. The number of hydrogen-bond donors (Lipinski definition) is 2. The largest absolute Gasteiger partial charge is 0.416 e. The quantitative estimate of drug-likeness (QED) is 0.501. The number of nitrogens with one attached hydrogen (secondary N) is 1. The van der Waals surface area contributed by atoms with Crippen molar-refractivity contribution in [2.24, 2.45) is 16.8 Å². The molecule has 0 saturated heterocycles. The van der Waals surface area contributed by atoms with Crippen LogP contribution in [-0.2, 0) is 6.18 Å². The number of hydrogen-bond acceptors (Lipinski definition) is 2. The van der Waals surface area contributed by atoms with Gasteiger partial charge in [0.15, 0.2) is 0 Å². The van der Waals surface area contributed by atoms with Crippen molar-refractivity contribution in [2.45, 2.75) is 19.0 Å². The van der Waals surface area contributed by atoms with E-state index >= 15 is 0 Å². The molecule has 1 aromatic carbocycles. The van der Waals surface area contributed by atoms with Crippen LogP contribution in [0.25, 0.3) is 0 Å². The first-order valence-corrected chi connectivity index (χ1v) is 6.20. The Morgan fingerprint density at radius 1 is 1.26 bits per heavy atom. The van der Waals surface area contributed by atoms with Gasteiger partial charge in [-0.1, -0.05) is 23.2 Å². The Morgan fingerprint density at radius 2 is 1.79 bits per heavy atom. The van der Waals surface area contributed by atoms with Gasteiger partial charge in [0.05, 0.1) is 21.3 Å². The van der Waals surface area contributed by atoms with Gasteiger partial charge in [0.2, 0.25) is 0 Å². The van der Waals surface area contributed by atoms with Crippen molar-refractivity contribution in [3.05, 3.63) is 27.7 Å². The van der Waals surface area contributed by atoms with E-state index < -0.39 is 11.7 Å². The Kier molecular flexibility index (Phi) is 3.82. The molecular formula is C11H10Cl2F3N3. The predicted molar refractivity (Wildman–Crippen MR) is 69.4 cm³/mol. The highest BCUT2D eigenvalue weighted by atomic mass is 35.5. The summed E-state index contributed by atoms with van der Waals surface area (Å²) in [4.78, 5) is 0. The van der Waals surface area contributed by atoms with E-state index in [1.54, 1.807) is 0 Å². The molecule has 0 aromatic heterocycles. The summed E-state index contributed by atoms with van der Waals surface area (Å²) in [7, 11) is 0. The number of rotatable bonds is 3. The zero-order valence-corrected chi connectivity index (χ0v) is 11.1. The van der Waals surface area contributed by atoms with Crippen LogP contribution in [0.5, 0.6) is 0 Å². The number of nitrogens with zero attached hydrogens (tertiary/aromatic N) is 1. The van der Waals surface area contributed by atoms with Gasteiger partial charge in [0.1, 0.15) is 5.84 Å².